The Morgan fingerprint density at radius 1 is 1.41 bits per heavy atom. The third-order valence-electron chi connectivity index (χ3n) is 5.29. The molecular weight excluding hydrogens is 410 g/mol. The number of fused-ring (bicyclic) bond motifs is 1. The van der Waals surface area contributed by atoms with Crippen LogP contribution in [-0.2, 0) is 0 Å². The molecule has 4 heterocycles. The minimum atomic E-state index is 0.272. The number of nitrogens with one attached hydrogen (secondary N) is 2. The molecule has 9 heteroatoms. The van der Waals surface area contributed by atoms with Gasteiger partial charge in [-0.1, -0.05) is 0 Å². The number of hydrogen-bond donors (Lipinski definition) is 3. The van der Waals surface area contributed by atoms with Crippen LogP contribution in [0.15, 0.2) is 34.3 Å². The zero-order chi connectivity index (χ0) is 19.1. The fourth-order valence-electron chi connectivity index (χ4n) is 3.92. The van der Waals surface area contributed by atoms with E-state index in [4.69, 9.17) is 16.0 Å². The molecule has 0 bridgehead atoms. The molecule has 0 radical (unpaired) electrons. The highest BCUT2D eigenvalue weighted by Crippen LogP contribution is 2.38. The van der Waals surface area contributed by atoms with Gasteiger partial charge in [-0.2, -0.15) is 0 Å². The van der Waals surface area contributed by atoms with Gasteiger partial charge in [0.05, 0.1) is 11.6 Å². The molecule has 3 aliphatic rings. The van der Waals surface area contributed by atoms with Crippen LogP contribution in [0.2, 0.25) is 0 Å². The summed E-state index contributed by atoms with van der Waals surface area (Å²) in [5, 5.41) is 18.1. The van der Waals surface area contributed by atoms with Crippen LogP contribution in [0, 0.1) is 11.3 Å². The summed E-state index contributed by atoms with van der Waals surface area (Å²) in [5.41, 5.74) is 3.16. The van der Waals surface area contributed by atoms with Gasteiger partial charge in [-0.3, -0.25) is 11.3 Å². The number of rotatable bonds is 3. The number of piperidine rings is 1. The summed E-state index contributed by atoms with van der Waals surface area (Å²) < 4.78 is 5.97. The molecule has 1 unspecified atom stereocenters. The Morgan fingerprint density at radius 2 is 2.22 bits per heavy atom. The molecule has 1 aromatic heterocycles. The predicted octanol–water partition coefficient (Wildman–Crippen LogP) is 1.69. The number of amidine groups is 1. The molecule has 1 aromatic rings. The maximum absolute atomic E-state index is 8.69. The van der Waals surface area contributed by atoms with Gasteiger partial charge in [-0.15, -0.1) is 0 Å². The van der Waals surface area contributed by atoms with Gasteiger partial charge in [0, 0.05) is 61.7 Å². The Labute approximate surface area is 167 Å². The molecule has 1 saturated heterocycles. The Kier molecular flexibility index (Phi) is 4.94. The second-order valence-corrected chi connectivity index (χ2v) is 7.87. The van der Waals surface area contributed by atoms with Crippen LogP contribution < -0.4 is 15.9 Å². The molecule has 8 nitrogen and oxygen atoms in total. The standard InChI is InChI=1S/C18H24BrN7O/c1-24-10-13(11-5-6-14(27-2)22-8-11)18-23-16(15(19)17(20)26(18)24)12-4-3-7-25(21)9-12/h5-6,8,12,20,23H,3-4,7,9-10,21H2,1-2H3. The maximum Gasteiger partial charge on any atom is 0.212 e. The van der Waals surface area contributed by atoms with Gasteiger partial charge in [0.1, 0.15) is 5.82 Å². The predicted molar refractivity (Wildman–Crippen MR) is 107 cm³/mol. The third kappa shape index (κ3) is 3.25. The molecule has 0 spiro atoms. The molecule has 3 aliphatic heterocycles. The molecule has 1 fully saturated rings. The van der Waals surface area contributed by atoms with Crippen molar-refractivity contribution >= 4 is 27.3 Å². The molecule has 0 aliphatic carbocycles. The van der Waals surface area contributed by atoms with E-state index in [-0.39, 0.29) is 5.92 Å². The number of likely N-dealkylation sites (N-methyl/N-ethyl adjacent to an activating group) is 1. The highest BCUT2D eigenvalue weighted by Gasteiger charge is 2.39. The summed E-state index contributed by atoms with van der Waals surface area (Å²) in [7, 11) is 3.59. The quantitative estimate of drug-likeness (QED) is 0.624. The lowest BCUT2D eigenvalue weighted by Gasteiger charge is -2.39. The topological polar surface area (TPSA) is 93.7 Å². The van der Waals surface area contributed by atoms with Crippen LogP contribution in [0.4, 0.5) is 0 Å². The normalized spacial score (nSPS) is 24.4. The second-order valence-electron chi connectivity index (χ2n) is 7.08. The van der Waals surface area contributed by atoms with E-state index >= 15 is 0 Å². The third-order valence-corrected chi connectivity index (χ3v) is 6.09. The van der Waals surface area contributed by atoms with Gasteiger partial charge < -0.3 is 10.1 Å². The molecule has 0 aromatic carbocycles. The number of nitrogens with zero attached hydrogens (tertiary/aromatic N) is 4. The molecule has 27 heavy (non-hydrogen) atoms. The Morgan fingerprint density at radius 3 is 2.89 bits per heavy atom. The molecular formula is C18H24BrN7O. The molecule has 144 valence electrons. The Hall–Kier alpha value is -1.94. The van der Waals surface area contributed by atoms with Gasteiger partial charge in [0.25, 0.3) is 0 Å². The van der Waals surface area contributed by atoms with Gasteiger partial charge >= 0.3 is 0 Å². The van der Waals surface area contributed by atoms with E-state index in [0.29, 0.717) is 18.3 Å². The van der Waals surface area contributed by atoms with Crippen LogP contribution >= 0.6 is 15.9 Å². The highest BCUT2D eigenvalue weighted by atomic mass is 79.9. The minimum absolute atomic E-state index is 0.272. The summed E-state index contributed by atoms with van der Waals surface area (Å²) >= 11 is 3.65. The van der Waals surface area contributed by atoms with Crippen LogP contribution in [0.5, 0.6) is 5.88 Å². The van der Waals surface area contributed by atoms with Crippen LogP contribution in [0.3, 0.4) is 0 Å². The van der Waals surface area contributed by atoms with Crippen molar-refractivity contribution in [1.82, 2.24) is 25.3 Å². The first-order chi connectivity index (χ1) is 13.0. The number of halogens is 1. The monoisotopic (exact) mass is 433 g/mol. The van der Waals surface area contributed by atoms with E-state index in [0.717, 1.165) is 53.1 Å². The summed E-state index contributed by atoms with van der Waals surface area (Å²) in [6.45, 7) is 2.40. The molecule has 4 N–H and O–H groups in total. The number of ether oxygens (including phenoxy) is 1. The van der Waals surface area contributed by atoms with Gasteiger partial charge in [-0.05, 0) is 34.8 Å². The SMILES string of the molecule is COc1ccc(C2=C3NC(C4CCCN(N)C4)=C(Br)C(=N)N3N(C)C2)cn1. The van der Waals surface area contributed by atoms with Gasteiger partial charge in [0.15, 0.2) is 5.84 Å². The number of aromatic nitrogens is 1. The lowest BCUT2D eigenvalue weighted by atomic mass is 9.94. The Bertz CT molecular complexity index is 820. The van der Waals surface area contributed by atoms with Crippen LogP contribution in [0.1, 0.15) is 18.4 Å². The van der Waals surface area contributed by atoms with Crippen LogP contribution in [0.25, 0.3) is 5.57 Å². The zero-order valence-corrected chi connectivity index (χ0v) is 17.1. The summed E-state index contributed by atoms with van der Waals surface area (Å²) in [4.78, 5) is 4.34. The van der Waals surface area contributed by atoms with E-state index in [9.17, 15) is 0 Å². The fourth-order valence-corrected chi connectivity index (χ4v) is 4.51. The van der Waals surface area contributed by atoms with Crippen molar-refractivity contribution in [3.05, 3.63) is 39.9 Å². The van der Waals surface area contributed by atoms with Crippen molar-refractivity contribution in [3.8, 4) is 5.88 Å². The fraction of sp³-hybridized carbons (Fsp3) is 0.444. The lowest BCUT2D eigenvalue weighted by molar-refractivity contribution is 0.141. The van der Waals surface area contributed by atoms with Gasteiger partial charge in [-0.25, -0.2) is 20.0 Å². The first kappa shape index (κ1) is 18.4. The van der Waals surface area contributed by atoms with Crippen LogP contribution in [-0.4, -0.2) is 59.6 Å². The highest BCUT2D eigenvalue weighted by molar-refractivity contribution is 9.12. The van der Waals surface area contributed by atoms with Crippen molar-refractivity contribution in [2.24, 2.45) is 11.8 Å². The first-order valence-electron chi connectivity index (χ1n) is 8.99. The molecule has 0 saturated carbocycles. The molecule has 4 rings (SSSR count). The van der Waals surface area contributed by atoms with Crippen molar-refractivity contribution < 1.29 is 4.74 Å². The summed E-state index contributed by atoms with van der Waals surface area (Å²) in [5.74, 6) is 8.27. The number of methoxy groups -OCH3 is 1. The number of hydrogen-bond acceptors (Lipinski definition) is 7. The van der Waals surface area contributed by atoms with E-state index in [1.807, 2.05) is 40.4 Å². The van der Waals surface area contributed by atoms with E-state index < -0.39 is 0 Å². The first-order valence-corrected chi connectivity index (χ1v) is 9.79. The van der Waals surface area contributed by atoms with E-state index in [1.54, 1.807) is 7.11 Å². The Balaban J connectivity index is 1.72. The van der Waals surface area contributed by atoms with Crippen molar-refractivity contribution in [2.75, 3.05) is 33.8 Å². The number of nitrogens with two attached hydrogens (primary N) is 1. The average molecular weight is 434 g/mol. The second kappa shape index (κ2) is 7.23. The lowest BCUT2D eigenvalue weighted by Crippen LogP contribution is -2.49. The van der Waals surface area contributed by atoms with E-state index in [2.05, 4.69) is 26.2 Å². The number of hydrazine groups is 2. The summed E-state index contributed by atoms with van der Waals surface area (Å²) in [6, 6.07) is 3.87. The van der Waals surface area contributed by atoms with Crippen molar-refractivity contribution in [3.63, 3.8) is 0 Å². The molecule has 0 amide bonds. The van der Waals surface area contributed by atoms with Crippen molar-refractivity contribution in [1.29, 1.82) is 5.41 Å². The van der Waals surface area contributed by atoms with Gasteiger partial charge in [0.2, 0.25) is 5.88 Å². The van der Waals surface area contributed by atoms with E-state index in [1.165, 1.54) is 0 Å². The maximum atomic E-state index is 8.69. The largest absolute Gasteiger partial charge is 0.481 e. The number of pyridine rings is 1. The average Bonchev–Trinajstić information content (AvgIpc) is 3.01. The minimum Gasteiger partial charge on any atom is -0.481 e. The summed E-state index contributed by atoms with van der Waals surface area (Å²) in [6.07, 6.45) is 3.93. The molecule has 1 atom stereocenters. The van der Waals surface area contributed by atoms with Crippen molar-refractivity contribution in [2.45, 2.75) is 12.8 Å². The smallest absolute Gasteiger partial charge is 0.212 e. The zero-order valence-electron chi connectivity index (χ0n) is 15.5.